The van der Waals surface area contributed by atoms with E-state index in [0.717, 1.165) is 12.8 Å². The molecule has 0 bridgehead atoms. The highest BCUT2D eigenvalue weighted by Gasteiger charge is 2.40. The first-order valence-electron chi connectivity index (χ1n) is 13.1. The fraction of sp³-hybridized carbons (Fsp3) is 0.667. The molecule has 9 nitrogen and oxygen atoms in total. The zero-order chi connectivity index (χ0) is 26.3. The fourth-order valence-electron chi connectivity index (χ4n) is 4.92. The molecule has 0 aliphatic heterocycles. The predicted octanol–water partition coefficient (Wildman–Crippen LogP) is 3.10. The number of aliphatic hydroxyl groups excluding tert-OH is 3. The molecule has 9 heteroatoms. The summed E-state index contributed by atoms with van der Waals surface area (Å²) < 4.78 is 0. The minimum absolute atomic E-state index is 0.0217. The Morgan fingerprint density at radius 3 is 2.53 bits per heavy atom. The van der Waals surface area contributed by atoms with Crippen molar-refractivity contribution in [1.29, 1.82) is 0 Å². The minimum atomic E-state index is -0.545. The molecule has 0 spiro atoms. The van der Waals surface area contributed by atoms with E-state index in [1.165, 1.54) is 5.56 Å². The molecular weight excluding hydrogens is 464 g/mol. The number of amides is 1. The van der Waals surface area contributed by atoms with E-state index in [-0.39, 0.29) is 29.7 Å². The van der Waals surface area contributed by atoms with Gasteiger partial charge >= 0.3 is 0 Å². The van der Waals surface area contributed by atoms with E-state index in [0.29, 0.717) is 57.9 Å². The highest BCUT2D eigenvalue weighted by Crippen LogP contribution is 2.38. The van der Waals surface area contributed by atoms with Crippen molar-refractivity contribution in [2.75, 3.05) is 20.2 Å². The molecule has 1 aliphatic rings. The summed E-state index contributed by atoms with van der Waals surface area (Å²) in [6, 6.07) is 10.1. The van der Waals surface area contributed by atoms with E-state index in [1.807, 2.05) is 30.4 Å². The van der Waals surface area contributed by atoms with Gasteiger partial charge in [-0.2, -0.15) is 0 Å². The third-order valence-electron chi connectivity index (χ3n) is 7.07. The van der Waals surface area contributed by atoms with Gasteiger partial charge in [0.1, 0.15) is 0 Å². The third kappa shape index (κ3) is 11.5. The molecule has 1 aromatic carbocycles. The van der Waals surface area contributed by atoms with Gasteiger partial charge in [0.15, 0.2) is 0 Å². The van der Waals surface area contributed by atoms with Gasteiger partial charge in [0.25, 0.3) is 0 Å². The lowest BCUT2D eigenvalue weighted by Crippen LogP contribution is -2.28. The normalized spacial score (nSPS) is 23.0. The van der Waals surface area contributed by atoms with Crippen LogP contribution in [0.4, 0.5) is 0 Å². The summed E-state index contributed by atoms with van der Waals surface area (Å²) in [5.41, 5.74) is 1.20. The molecule has 0 unspecified atom stereocenters. The number of benzene rings is 1. The van der Waals surface area contributed by atoms with Crippen molar-refractivity contribution < 1.29 is 35.4 Å². The van der Waals surface area contributed by atoms with Gasteiger partial charge in [-0.1, -0.05) is 42.5 Å². The molecule has 5 N–H and O–H groups in total. The summed E-state index contributed by atoms with van der Waals surface area (Å²) >= 11 is 0. The summed E-state index contributed by atoms with van der Waals surface area (Å²) in [7, 11) is 1.71. The quantitative estimate of drug-likeness (QED) is 0.123. The first-order chi connectivity index (χ1) is 17.3. The van der Waals surface area contributed by atoms with Gasteiger partial charge in [0.05, 0.1) is 30.3 Å². The number of carbonyl (C=O) groups is 1. The first kappa shape index (κ1) is 30.4. The molecular formula is C27H44N2O7. The number of aryl methyl sites for hydroxylation is 1. The maximum Gasteiger partial charge on any atom is 0.222 e. The molecule has 0 aromatic heterocycles. The van der Waals surface area contributed by atoms with Crippen LogP contribution in [0.15, 0.2) is 42.5 Å². The van der Waals surface area contributed by atoms with E-state index < -0.39 is 18.3 Å². The topological polar surface area (TPSA) is 134 Å². The van der Waals surface area contributed by atoms with Gasteiger partial charge in [-0.05, 0) is 75.2 Å². The Balaban J connectivity index is 1.65. The van der Waals surface area contributed by atoms with Crippen LogP contribution in [0.5, 0.6) is 0 Å². The maximum atomic E-state index is 12.2. The van der Waals surface area contributed by atoms with E-state index in [2.05, 4.69) is 17.0 Å². The molecule has 0 heterocycles. The van der Waals surface area contributed by atoms with Crippen molar-refractivity contribution in [2.45, 2.75) is 82.5 Å². The van der Waals surface area contributed by atoms with Crippen molar-refractivity contribution in [3.05, 3.63) is 48.0 Å². The number of allylic oxidation sites excluding steroid dienone is 2. The molecule has 5 atom stereocenters. The minimum Gasteiger partial charge on any atom is -0.393 e. The Morgan fingerprint density at radius 2 is 1.81 bits per heavy atom. The summed E-state index contributed by atoms with van der Waals surface area (Å²) in [4.78, 5) is 18.2. The lowest BCUT2D eigenvalue weighted by atomic mass is 9.85. The summed E-state index contributed by atoms with van der Waals surface area (Å²) in [6.45, 7) is 0.565. The molecule has 0 radical (unpaired) electrons. The van der Waals surface area contributed by atoms with Crippen LogP contribution >= 0.6 is 0 Å². The van der Waals surface area contributed by atoms with Gasteiger partial charge in [-0.3, -0.25) is 20.0 Å². The number of aliphatic hydroxyl groups is 3. The van der Waals surface area contributed by atoms with Crippen LogP contribution in [0.1, 0.15) is 63.4 Å². The van der Waals surface area contributed by atoms with E-state index in [1.54, 1.807) is 11.9 Å². The van der Waals surface area contributed by atoms with E-state index >= 15 is 0 Å². The second-order valence-electron chi connectivity index (χ2n) is 9.81. The van der Waals surface area contributed by atoms with Gasteiger partial charge in [0.2, 0.25) is 5.91 Å². The maximum absolute atomic E-state index is 12.2. The number of hydrogen-bond donors (Lipinski definition) is 5. The second-order valence-corrected chi connectivity index (χ2v) is 9.81. The average Bonchev–Trinajstić information content (AvgIpc) is 3.13. The Hall–Kier alpha value is -1.85. The third-order valence-corrected chi connectivity index (χ3v) is 7.07. The van der Waals surface area contributed by atoms with Gasteiger partial charge in [-0.15, -0.1) is 0 Å². The Kier molecular flexibility index (Phi) is 14.2. The summed E-state index contributed by atoms with van der Waals surface area (Å²) in [6.07, 6.45) is 8.78. The molecule has 1 aromatic rings. The molecule has 36 heavy (non-hydrogen) atoms. The standard InChI is InChI=1S/C27H44N2O7/c1-28(18-9-19-36-29(34)35)27(33)13-8-3-2-7-12-23-24(26(32)20-25(23)31)17-16-22(30)15-14-21-10-5-4-6-11-21/h2,4-7,10-11,22-26,30-32,34-35H,3,8-9,12-20H2,1H3/b7-2-/t22-,23+,24+,25-,26+/m0/s1. The number of hydrogen-bond acceptors (Lipinski definition) is 8. The smallest absolute Gasteiger partial charge is 0.222 e. The summed E-state index contributed by atoms with van der Waals surface area (Å²) in [5, 5.41) is 48.0. The first-order valence-corrected chi connectivity index (χ1v) is 13.1. The zero-order valence-corrected chi connectivity index (χ0v) is 21.4. The molecule has 0 saturated heterocycles. The Labute approximate surface area is 214 Å². The van der Waals surface area contributed by atoms with Crippen LogP contribution in [-0.4, -0.2) is 80.4 Å². The molecule has 1 fully saturated rings. The summed E-state index contributed by atoms with van der Waals surface area (Å²) in [5.74, 6) is -0.0335. The highest BCUT2D eigenvalue weighted by atomic mass is 17.1. The molecule has 204 valence electrons. The van der Waals surface area contributed by atoms with Crippen LogP contribution in [0.3, 0.4) is 0 Å². The zero-order valence-electron chi connectivity index (χ0n) is 21.4. The van der Waals surface area contributed by atoms with Crippen LogP contribution in [0.2, 0.25) is 0 Å². The number of rotatable bonds is 17. The van der Waals surface area contributed by atoms with Crippen LogP contribution in [-0.2, 0) is 16.1 Å². The molecule has 1 aliphatic carbocycles. The lowest BCUT2D eigenvalue weighted by molar-refractivity contribution is -0.492. The monoisotopic (exact) mass is 508 g/mol. The molecule has 2 rings (SSSR count). The van der Waals surface area contributed by atoms with Crippen LogP contribution in [0, 0.1) is 11.8 Å². The molecule has 1 saturated carbocycles. The van der Waals surface area contributed by atoms with Crippen LogP contribution in [0.25, 0.3) is 0 Å². The average molecular weight is 509 g/mol. The highest BCUT2D eigenvalue weighted by molar-refractivity contribution is 5.75. The van der Waals surface area contributed by atoms with Crippen LogP contribution < -0.4 is 0 Å². The fourth-order valence-corrected chi connectivity index (χ4v) is 4.92. The van der Waals surface area contributed by atoms with Crippen molar-refractivity contribution >= 4 is 5.91 Å². The van der Waals surface area contributed by atoms with Crippen molar-refractivity contribution in [3.8, 4) is 0 Å². The Morgan fingerprint density at radius 1 is 1.08 bits per heavy atom. The number of carbonyl (C=O) groups excluding carboxylic acids is 1. The molecule has 1 amide bonds. The van der Waals surface area contributed by atoms with Gasteiger partial charge < -0.3 is 20.2 Å². The van der Waals surface area contributed by atoms with Gasteiger partial charge in [-0.25, -0.2) is 0 Å². The number of nitrogens with zero attached hydrogens (tertiary/aromatic N) is 2. The van der Waals surface area contributed by atoms with E-state index in [4.69, 9.17) is 10.4 Å². The Bertz CT molecular complexity index is 762. The number of unbranched alkanes of at least 4 members (excludes halogenated alkanes) is 1. The SMILES string of the molecule is CN(CCCON(O)O)C(=O)CCC/C=C\C[C@@H]1[C@@H](CC[C@@H](O)CCc2ccccc2)[C@H](O)C[C@@H]1O. The largest absolute Gasteiger partial charge is 0.393 e. The van der Waals surface area contributed by atoms with E-state index in [9.17, 15) is 20.1 Å². The van der Waals surface area contributed by atoms with Gasteiger partial charge in [0, 0.05) is 20.0 Å². The predicted molar refractivity (Wildman–Crippen MR) is 135 cm³/mol. The lowest BCUT2D eigenvalue weighted by Gasteiger charge is -2.23. The van der Waals surface area contributed by atoms with Crippen molar-refractivity contribution in [3.63, 3.8) is 0 Å². The van der Waals surface area contributed by atoms with Crippen molar-refractivity contribution in [1.82, 2.24) is 10.3 Å². The second kappa shape index (κ2) is 16.8. The van der Waals surface area contributed by atoms with Crippen molar-refractivity contribution in [2.24, 2.45) is 11.8 Å².